The maximum atomic E-state index is 6.60. The summed E-state index contributed by atoms with van der Waals surface area (Å²) in [5.41, 5.74) is 8.22. The summed E-state index contributed by atoms with van der Waals surface area (Å²) in [4.78, 5) is 12.3. The van der Waals surface area contributed by atoms with Crippen LogP contribution in [0.15, 0.2) is 58.7 Å². The van der Waals surface area contributed by atoms with Crippen LogP contribution >= 0.6 is 0 Å². The van der Waals surface area contributed by atoms with E-state index >= 15 is 0 Å². The van der Waals surface area contributed by atoms with Crippen LogP contribution in [0.4, 0.5) is 0 Å². The highest BCUT2D eigenvalue weighted by atomic mass is 17.2. The standard InChI is InChI=1S/C27H32N6O2/c1-7-8-15-26(20-11-9-13-22-24(20)30-32-28-22)18(4)16(2)17(3)19(5)27(26,35-34-6)21-12-10-14-23-25(21)31-33-29-23/h9-14H,7-8,15H2,1-6H3,(H,28,30,32)(H,29,31,33). The highest BCUT2D eigenvalue weighted by molar-refractivity contribution is 5.84. The number of benzene rings is 2. The number of nitrogens with zero attached hydrogens (tertiary/aromatic N) is 4. The van der Waals surface area contributed by atoms with Gasteiger partial charge >= 0.3 is 0 Å². The van der Waals surface area contributed by atoms with E-state index in [1.165, 1.54) is 16.7 Å². The van der Waals surface area contributed by atoms with Crippen LogP contribution in [0, 0.1) is 0 Å². The summed E-state index contributed by atoms with van der Waals surface area (Å²) in [6, 6.07) is 12.2. The van der Waals surface area contributed by atoms with Crippen molar-refractivity contribution >= 4 is 22.1 Å². The highest BCUT2D eigenvalue weighted by Gasteiger charge is 2.61. The van der Waals surface area contributed by atoms with Crippen molar-refractivity contribution in [1.82, 2.24) is 30.8 Å². The van der Waals surface area contributed by atoms with Crippen molar-refractivity contribution in [1.29, 1.82) is 0 Å². The van der Waals surface area contributed by atoms with E-state index in [4.69, 9.17) is 9.78 Å². The fourth-order valence-corrected chi connectivity index (χ4v) is 6.16. The molecule has 2 heterocycles. The maximum absolute atomic E-state index is 6.60. The first-order valence-electron chi connectivity index (χ1n) is 12.1. The Balaban J connectivity index is 2.01. The number of H-pyrrole nitrogens is 2. The largest absolute Gasteiger partial charge is 0.239 e. The van der Waals surface area contributed by atoms with E-state index in [9.17, 15) is 0 Å². The quantitative estimate of drug-likeness (QED) is 0.260. The minimum absolute atomic E-state index is 0.643. The van der Waals surface area contributed by atoms with Crippen LogP contribution in [-0.2, 0) is 20.8 Å². The van der Waals surface area contributed by atoms with Gasteiger partial charge in [0.1, 0.15) is 22.1 Å². The van der Waals surface area contributed by atoms with E-state index in [2.05, 4.69) is 77.6 Å². The van der Waals surface area contributed by atoms with Crippen molar-refractivity contribution in [3.05, 3.63) is 69.8 Å². The molecule has 5 rings (SSSR count). The lowest BCUT2D eigenvalue weighted by atomic mass is 9.52. The molecular weight excluding hydrogens is 440 g/mol. The molecule has 0 aliphatic heterocycles. The average molecular weight is 473 g/mol. The second kappa shape index (κ2) is 8.70. The van der Waals surface area contributed by atoms with Crippen LogP contribution in [0.5, 0.6) is 0 Å². The van der Waals surface area contributed by atoms with E-state index in [1.54, 1.807) is 7.11 Å². The van der Waals surface area contributed by atoms with Crippen LogP contribution in [0.1, 0.15) is 65.0 Å². The summed E-state index contributed by atoms with van der Waals surface area (Å²) in [6.07, 6.45) is 2.83. The third-order valence-corrected chi connectivity index (χ3v) is 8.10. The number of rotatable bonds is 7. The van der Waals surface area contributed by atoms with Gasteiger partial charge < -0.3 is 0 Å². The molecule has 0 fully saturated rings. The predicted octanol–water partition coefficient (Wildman–Crippen LogP) is 5.82. The van der Waals surface area contributed by atoms with Crippen molar-refractivity contribution in [2.24, 2.45) is 0 Å². The molecule has 2 aromatic carbocycles. The average Bonchev–Trinajstić information content (AvgIpc) is 3.55. The van der Waals surface area contributed by atoms with Crippen molar-refractivity contribution in [3.8, 4) is 0 Å². The molecule has 182 valence electrons. The zero-order valence-corrected chi connectivity index (χ0v) is 21.2. The number of fused-ring (bicyclic) bond motifs is 2. The maximum Gasteiger partial charge on any atom is 0.165 e. The van der Waals surface area contributed by atoms with Gasteiger partial charge in [0, 0.05) is 5.56 Å². The fourth-order valence-electron chi connectivity index (χ4n) is 6.16. The second-order valence-corrected chi connectivity index (χ2v) is 9.43. The first kappa shape index (κ1) is 23.4. The number of hydrogen-bond acceptors (Lipinski definition) is 6. The molecule has 0 bridgehead atoms. The zero-order valence-electron chi connectivity index (χ0n) is 21.2. The number of nitrogens with one attached hydrogen (secondary N) is 2. The highest BCUT2D eigenvalue weighted by Crippen LogP contribution is 2.62. The number of hydrogen-bond donors (Lipinski definition) is 2. The molecular formula is C27H32N6O2. The van der Waals surface area contributed by atoms with Gasteiger partial charge in [0.25, 0.3) is 0 Å². The Morgan fingerprint density at radius 1 is 0.771 bits per heavy atom. The lowest BCUT2D eigenvalue weighted by Gasteiger charge is -2.54. The van der Waals surface area contributed by atoms with E-state index in [0.717, 1.165) is 58.0 Å². The molecule has 8 heteroatoms. The van der Waals surface area contributed by atoms with Crippen molar-refractivity contribution in [2.75, 3.05) is 7.11 Å². The molecule has 0 saturated carbocycles. The van der Waals surface area contributed by atoms with Crippen molar-refractivity contribution < 1.29 is 9.78 Å². The van der Waals surface area contributed by atoms with Crippen LogP contribution in [-0.4, -0.2) is 37.9 Å². The summed E-state index contributed by atoms with van der Waals surface area (Å²) in [6.45, 7) is 10.9. The summed E-state index contributed by atoms with van der Waals surface area (Å²) in [5.74, 6) is 0. The molecule has 1 aliphatic rings. The molecule has 0 spiro atoms. The SMILES string of the molecule is CCCCC1(c2cccc3n[nH]nc23)C(C)=C(C)C(C)=C(C)C1(OOC)c1cccc2n[nH]nc12. The van der Waals surface area contributed by atoms with Crippen LogP contribution in [0.3, 0.4) is 0 Å². The molecule has 4 aromatic rings. The molecule has 2 atom stereocenters. The molecule has 1 aliphatic carbocycles. The normalized spacial score (nSPS) is 23.1. The van der Waals surface area contributed by atoms with Gasteiger partial charge in [0.2, 0.25) is 0 Å². The van der Waals surface area contributed by atoms with Crippen LogP contribution < -0.4 is 0 Å². The van der Waals surface area contributed by atoms with E-state index in [-0.39, 0.29) is 0 Å². The molecule has 35 heavy (non-hydrogen) atoms. The molecule has 0 radical (unpaired) electrons. The van der Waals surface area contributed by atoms with Crippen LogP contribution in [0.2, 0.25) is 0 Å². The first-order valence-corrected chi connectivity index (χ1v) is 12.1. The fraction of sp³-hybridized carbons (Fsp3) is 0.407. The topological polar surface area (TPSA) is 102 Å². The molecule has 2 N–H and O–H groups in total. The predicted molar refractivity (Wildman–Crippen MR) is 136 cm³/mol. The lowest BCUT2D eigenvalue weighted by molar-refractivity contribution is -0.354. The summed E-state index contributed by atoms with van der Waals surface area (Å²) in [5, 5.41) is 23.6. The third kappa shape index (κ3) is 3.06. The second-order valence-electron chi connectivity index (χ2n) is 9.43. The number of unbranched alkanes of at least 4 members (excludes halogenated alkanes) is 1. The van der Waals surface area contributed by atoms with E-state index in [0.29, 0.717) is 0 Å². The van der Waals surface area contributed by atoms with Crippen molar-refractivity contribution in [3.63, 3.8) is 0 Å². The lowest BCUT2D eigenvalue weighted by Crippen LogP contribution is -2.55. The summed E-state index contributed by atoms with van der Waals surface area (Å²) >= 11 is 0. The van der Waals surface area contributed by atoms with Gasteiger partial charge in [0.05, 0.1) is 12.5 Å². The Bertz CT molecular complexity index is 1460. The molecule has 0 saturated heterocycles. The zero-order chi connectivity index (χ0) is 24.8. The molecule has 8 nitrogen and oxygen atoms in total. The van der Waals surface area contributed by atoms with Crippen molar-refractivity contribution in [2.45, 2.75) is 64.9 Å². The smallest absolute Gasteiger partial charge is 0.165 e. The van der Waals surface area contributed by atoms with E-state index < -0.39 is 11.0 Å². The minimum Gasteiger partial charge on any atom is -0.239 e. The monoisotopic (exact) mass is 472 g/mol. The van der Waals surface area contributed by atoms with Gasteiger partial charge in [-0.3, -0.25) is 0 Å². The van der Waals surface area contributed by atoms with Gasteiger partial charge in [-0.1, -0.05) is 49.6 Å². The molecule has 2 aromatic heterocycles. The summed E-state index contributed by atoms with van der Waals surface area (Å²) in [7, 11) is 1.58. The Hall–Kier alpha value is -3.36. The van der Waals surface area contributed by atoms with Gasteiger partial charge in [-0.25, -0.2) is 9.78 Å². The van der Waals surface area contributed by atoms with Gasteiger partial charge in [-0.15, -0.1) is 0 Å². The van der Waals surface area contributed by atoms with Gasteiger partial charge in [-0.2, -0.15) is 30.8 Å². The van der Waals surface area contributed by atoms with E-state index in [1.807, 2.05) is 24.3 Å². The van der Waals surface area contributed by atoms with Crippen LogP contribution in [0.25, 0.3) is 22.1 Å². The number of aromatic amines is 2. The Morgan fingerprint density at radius 3 is 1.94 bits per heavy atom. The molecule has 2 unspecified atom stereocenters. The summed E-state index contributed by atoms with van der Waals surface area (Å²) < 4.78 is 0. The Kier molecular flexibility index (Phi) is 5.81. The molecule has 0 amide bonds. The first-order chi connectivity index (χ1) is 16.9. The number of para-hydroxylation sites is 2. The van der Waals surface area contributed by atoms with Gasteiger partial charge in [-0.05, 0) is 68.5 Å². The number of aromatic nitrogens is 6. The third-order valence-electron chi connectivity index (χ3n) is 8.10. The number of allylic oxidation sites excluding steroid dienone is 2. The Labute approximate surface area is 204 Å². The minimum atomic E-state index is -1.02. The Morgan fingerprint density at radius 2 is 1.34 bits per heavy atom. The van der Waals surface area contributed by atoms with Gasteiger partial charge in [0.15, 0.2) is 5.60 Å².